The van der Waals surface area contributed by atoms with Gasteiger partial charge in [-0.15, -0.1) is 47.5 Å². The first-order chi connectivity index (χ1) is 25.6. The Kier molecular flexibility index (Phi) is 12.2. The van der Waals surface area contributed by atoms with E-state index in [1.54, 1.807) is 6.07 Å². The molecule has 0 aliphatic carbocycles. The van der Waals surface area contributed by atoms with Crippen molar-refractivity contribution >= 4 is 35.2 Å². The molecule has 3 aromatic heterocycles. The predicted octanol–water partition coefficient (Wildman–Crippen LogP) is 12.1. The summed E-state index contributed by atoms with van der Waals surface area (Å²) < 4.78 is 19.4. The predicted molar refractivity (Wildman–Crippen MR) is 220 cm³/mol. The summed E-state index contributed by atoms with van der Waals surface area (Å²) in [5, 5.41) is 3.17. The van der Waals surface area contributed by atoms with Gasteiger partial charge >= 0.3 is 0 Å². The second-order valence-corrected chi connectivity index (χ2v) is 20.1. The number of nitrogens with zero attached hydrogens (tertiary/aromatic N) is 2. The minimum absolute atomic E-state index is 0. The van der Waals surface area contributed by atoms with Crippen LogP contribution in [0.2, 0.25) is 19.6 Å². The molecule has 0 aliphatic heterocycles. The summed E-state index contributed by atoms with van der Waals surface area (Å²) in [5.41, 5.74) is 11.3. The van der Waals surface area contributed by atoms with Gasteiger partial charge < -0.3 is 14.4 Å². The monoisotopic (exact) mass is 903 g/mol. The average Bonchev–Trinajstić information content (AvgIpc) is 3.53. The third-order valence-electron chi connectivity index (χ3n) is 9.38. The van der Waals surface area contributed by atoms with E-state index in [9.17, 15) is 4.39 Å². The molecule has 0 fully saturated rings. The minimum atomic E-state index is -1.38. The van der Waals surface area contributed by atoms with Crippen LogP contribution < -0.4 is 5.19 Å². The molecule has 0 saturated carbocycles. The molecule has 5 aromatic carbocycles. The Bertz CT molecular complexity index is 2470. The van der Waals surface area contributed by atoms with E-state index in [4.69, 9.17) is 4.42 Å². The van der Waals surface area contributed by atoms with Crippen LogP contribution >= 0.6 is 0 Å². The molecule has 0 unspecified atom stereocenters. The fourth-order valence-electron chi connectivity index (χ4n) is 6.64. The molecule has 0 saturated heterocycles. The quantitative estimate of drug-likeness (QED) is 0.113. The van der Waals surface area contributed by atoms with Crippen molar-refractivity contribution in [1.29, 1.82) is 0 Å². The number of benzene rings is 5. The van der Waals surface area contributed by atoms with Crippen LogP contribution in [0.4, 0.5) is 4.39 Å². The maximum atomic E-state index is 13.5. The Morgan fingerprint density at radius 1 is 0.741 bits per heavy atom. The molecule has 54 heavy (non-hydrogen) atoms. The molecule has 3 nitrogen and oxygen atoms in total. The second kappa shape index (κ2) is 17.0. The van der Waals surface area contributed by atoms with E-state index in [2.05, 4.69) is 147 Å². The SMILES string of the molecule is CC(C)Cc1ccnc(-c2[c-]cc(-c3ccccc3)c(Cc3ccccc3)c2)c1.C[Si](C)(C)c1ccc(-c2[c-]ccc3c2oc2cc(F)ccc23)nc1.[Ir]. The van der Waals surface area contributed by atoms with Crippen molar-refractivity contribution in [3.63, 3.8) is 0 Å². The molecule has 0 spiro atoms. The zero-order valence-electron chi connectivity index (χ0n) is 31.3. The molecule has 3 heterocycles. The Hall–Kier alpha value is -5.00. The van der Waals surface area contributed by atoms with Gasteiger partial charge in [-0.05, 0) is 59.1 Å². The number of halogens is 1. The molecule has 273 valence electrons. The summed E-state index contributed by atoms with van der Waals surface area (Å²) in [4.78, 5) is 9.26. The number of pyridine rings is 2. The summed E-state index contributed by atoms with van der Waals surface area (Å²) in [7, 11) is -1.38. The molecule has 0 aliphatic rings. The van der Waals surface area contributed by atoms with Gasteiger partial charge in [-0.25, -0.2) is 4.39 Å². The van der Waals surface area contributed by atoms with Crippen LogP contribution in [0.25, 0.3) is 55.6 Å². The normalized spacial score (nSPS) is 11.3. The molecule has 1 radical (unpaired) electrons. The van der Waals surface area contributed by atoms with Gasteiger partial charge in [0.15, 0.2) is 0 Å². The number of rotatable bonds is 8. The smallest absolute Gasteiger partial charge is 0.126 e. The van der Waals surface area contributed by atoms with Crippen LogP contribution in [0, 0.1) is 23.9 Å². The summed E-state index contributed by atoms with van der Waals surface area (Å²) in [6.45, 7) is 11.4. The van der Waals surface area contributed by atoms with Crippen LogP contribution in [0.1, 0.15) is 30.5 Å². The molecule has 0 bridgehead atoms. The van der Waals surface area contributed by atoms with Crippen molar-refractivity contribution in [1.82, 2.24) is 9.97 Å². The fourth-order valence-corrected chi connectivity index (χ4v) is 7.68. The van der Waals surface area contributed by atoms with Crippen molar-refractivity contribution in [2.24, 2.45) is 5.92 Å². The average molecular weight is 903 g/mol. The zero-order chi connectivity index (χ0) is 37.0. The van der Waals surface area contributed by atoms with Crippen LogP contribution in [0.3, 0.4) is 0 Å². The van der Waals surface area contributed by atoms with E-state index >= 15 is 0 Å². The van der Waals surface area contributed by atoms with E-state index < -0.39 is 8.07 Å². The molecule has 6 heteroatoms. The van der Waals surface area contributed by atoms with E-state index in [0.717, 1.165) is 46.1 Å². The second-order valence-electron chi connectivity index (χ2n) is 15.0. The molecule has 8 aromatic rings. The topological polar surface area (TPSA) is 38.9 Å². The fraction of sp³-hybridized carbons (Fsp3) is 0.167. The Balaban J connectivity index is 0.000000184. The molecular weight excluding hydrogens is 860 g/mol. The van der Waals surface area contributed by atoms with Gasteiger partial charge in [0.25, 0.3) is 0 Å². The summed E-state index contributed by atoms with van der Waals surface area (Å²) in [6, 6.07) is 49.2. The van der Waals surface area contributed by atoms with Gasteiger partial charge in [0.05, 0.1) is 13.7 Å². The number of furan rings is 1. The van der Waals surface area contributed by atoms with Crippen molar-refractivity contribution in [3.8, 4) is 33.6 Å². The molecule has 0 N–H and O–H groups in total. The van der Waals surface area contributed by atoms with E-state index in [1.807, 2.05) is 30.6 Å². The molecular formula is C48H43FIrN2OSi-2. The van der Waals surface area contributed by atoms with Gasteiger partial charge in [0.1, 0.15) is 11.4 Å². The summed E-state index contributed by atoms with van der Waals surface area (Å²) >= 11 is 0. The van der Waals surface area contributed by atoms with Crippen LogP contribution in [0.5, 0.6) is 0 Å². The number of hydrogen-bond acceptors (Lipinski definition) is 3. The third kappa shape index (κ3) is 9.02. The first-order valence-electron chi connectivity index (χ1n) is 18.2. The molecule has 0 amide bonds. The van der Waals surface area contributed by atoms with Gasteiger partial charge in [-0.3, -0.25) is 0 Å². The van der Waals surface area contributed by atoms with Gasteiger partial charge in [0.2, 0.25) is 0 Å². The van der Waals surface area contributed by atoms with Crippen LogP contribution in [-0.2, 0) is 32.9 Å². The standard InChI is InChI=1S/C28H26N.C20H17FNOSi.Ir/c1-21(2)17-23-15-16-29-28(19-23)25-13-14-27(24-11-7-4-8-12-24)26(20-25)18-22-9-5-3-6-10-22;1-24(2,3)14-8-10-18(22-12-14)17-6-4-5-16-15-9-7-13(21)11-19(15)23-20(16)17;/h3-12,14-16,19-21H,17-18H2,1-2H3;4-5,7-12H,1-3H3;/q2*-1;. The van der Waals surface area contributed by atoms with Crippen molar-refractivity contribution in [2.45, 2.75) is 46.3 Å². The van der Waals surface area contributed by atoms with E-state index in [1.165, 1.54) is 45.1 Å². The van der Waals surface area contributed by atoms with Gasteiger partial charge in [0, 0.05) is 44.0 Å². The zero-order valence-corrected chi connectivity index (χ0v) is 34.7. The summed E-state index contributed by atoms with van der Waals surface area (Å²) in [5.74, 6) is 0.327. The Morgan fingerprint density at radius 3 is 2.20 bits per heavy atom. The number of hydrogen-bond donors (Lipinski definition) is 0. The van der Waals surface area contributed by atoms with Crippen molar-refractivity contribution in [2.75, 3.05) is 0 Å². The van der Waals surface area contributed by atoms with E-state index in [0.29, 0.717) is 17.1 Å². The minimum Gasteiger partial charge on any atom is -0.500 e. The largest absolute Gasteiger partial charge is 0.500 e. The van der Waals surface area contributed by atoms with Crippen molar-refractivity contribution < 1.29 is 28.9 Å². The maximum absolute atomic E-state index is 13.5. The van der Waals surface area contributed by atoms with E-state index in [-0.39, 0.29) is 25.9 Å². The van der Waals surface area contributed by atoms with Crippen molar-refractivity contribution in [3.05, 3.63) is 174 Å². The number of aromatic nitrogens is 2. The first kappa shape index (κ1) is 38.7. The molecule has 0 atom stereocenters. The Labute approximate surface area is 332 Å². The van der Waals surface area contributed by atoms with Crippen LogP contribution in [0.15, 0.2) is 144 Å². The first-order valence-corrected chi connectivity index (χ1v) is 21.7. The summed E-state index contributed by atoms with van der Waals surface area (Å²) in [6.07, 6.45) is 5.83. The number of fused-ring (bicyclic) bond motifs is 3. The Morgan fingerprint density at radius 2 is 1.50 bits per heavy atom. The van der Waals surface area contributed by atoms with Gasteiger partial charge in [-0.1, -0.05) is 140 Å². The van der Waals surface area contributed by atoms with Crippen LogP contribution in [-0.4, -0.2) is 18.0 Å². The third-order valence-corrected chi connectivity index (χ3v) is 11.4. The maximum Gasteiger partial charge on any atom is 0.126 e. The van der Waals surface area contributed by atoms with Gasteiger partial charge in [-0.2, -0.15) is 0 Å². The molecule has 8 rings (SSSR count).